The van der Waals surface area contributed by atoms with Crippen LogP contribution in [-0.2, 0) is 4.79 Å². The summed E-state index contributed by atoms with van der Waals surface area (Å²) in [6, 6.07) is 13.2. The molecule has 156 valence electrons. The highest BCUT2D eigenvalue weighted by atomic mass is 19.1. The van der Waals surface area contributed by atoms with Crippen LogP contribution in [0.2, 0.25) is 0 Å². The van der Waals surface area contributed by atoms with Crippen LogP contribution >= 0.6 is 0 Å². The largest absolute Gasteiger partial charge is 0.481 e. The minimum atomic E-state index is -0.793. The highest BCUT2D eigenvalue weighted by molar-refractivity contribution is 5.94. The quantitative estimate of drug-likeness (QED) is 0.678. The van der Waals surface area contributed by atoms with E-state index in [9.17, 15) is 14.0 Å². The summed E-state index contributed by atoms with van der Waals surface area (Å²) in [6.07, 6.45) is 5.93. The second-order valence-electron chi connectivity index (χ2n) is 7.94. The normalized spacial score (nSPS) is 15.0. The molecule has 4 nitrogen and oxygen atoms in total. The molecule has 0 atom stereocenters. The van der Waals surface area contributed by atoms with E-state index in [1.165, 1.54) is 6.07 Å². The number of amides is 1. The summed E-state index contributed by atoms with van der Waals surface area (Å²) in [4.78, 5) is 23.6. The Labute approximate surface area is 176 Å². The van der Waals surface area contributed by atoms with Crippen LogP contribution in [0.25, 0.3) is 0 Å². The lowest BCUT2D eigenvalue weighted by Gasteiger charge is -2.37. The van der Waals surface area contributed by atoms with Crippen molar-refractivity contribution in [2.75, 3.05) is 6.54 Å². The fraction of sp³-hybridized carbons (Fsp3) is 0.360. The van der Waals surface area contributed by atoms with Gasteiger partial charge in [0, 0.05) is 24.1 Å². The van der Waals surface area contributed by atoms with Gasteiger partial charge < -0.3 is 10.4 Å². The Morgan fingerprint density at radius 1 is 1.00 bits per heavy atom. The zero-order valence-corrected chi connectivity index (χ0v) is 16.9. The molecule has 2 N–H and O–H groups in total. The number of hydrogen-bond acceptors (Lipinski definition) is 2. The molecule has 0 radical (unpaired) electrons. The maximum atomic E-state index is 13.6. The van der Waals surface area contributed by atoms with Gasteiger partial charge in [0.1, 0.15) is 5.82 Å². The molecule has 2 aromatic carbocycles. The number of carboxylic acids is 1. The Kier molecular flexibility index (Phi) is 7.24. The van der Waals surface area contributed by atoms with E-state index in [2.05, 4.69) is 17.2 Å². The van der Waals surface area contributed by atoms with E-state index in [1.807, 2.05) is 0 Å². The Hall–Kier alpha value is -3.13. The molecular formula is C25H26FNO3. The Balaban J connectivity index is 1.61. The van der Waals surface area contributed by atoms with E-state index in [0.717, 1.165) is 32.1 Å². The number of carboxylic acid groups (broad SMARTS) is 1. The molecule has 2 aromatic rings. The molecule has 1 saturated carbocycles. The molecule has 1 aliphatic rings. The molecule has 0 bridgehead atoms. The minimum absolute atomic E-state index is 0.128. The maximum Gasteiger partial charge on any atom is 0.303 e. The lowest BCUT2D eigenvalue weighted by molar-refractivity contribution is -0.137. The second-order valence-corrected chi connectivity index (χ2v) is 7.94. The average molecular weight is 407 g/mol. The molecule has 1 fully saturated rings. The third-order valence-electron chi connectivity index (χ3n) is 5.77. The summed E-state index contributed by atoms with van der Waals surface area (Å²) in [6.45, 7) is 0.494. The Morgan fingerprint density at radius 3 is 2.37 bits per heavy atom. The first-order valence-electron chi connectivity index (χ1n) is 10.3. The number of aliphatic carboxylic acids is 1. The first-order chi connectivity index (χ1) is 14.5. The average Bonchev–Trinajstić information content (AvgIpc) is 2.77. The number of carbonyl (C=O) groups excluding carboxylic acids is 1. The highest BCUT2D eigenvalue weighted by Gasteiger charge is 2.32. The molecule has 0 unspecified atom stereocenters. The molecule has 0 aromatic heterocycles. The Morgan fingerprint density at radius 2 is 1.70 bits per heavy atom. The van der Waals surface area contributed by atoms with Crippen LogP contribution in [0.4, 0.5) is 4.39 Å². The van der Waals surface area contributed by atoms with Gasteiger partial charge in [0.2, 0.25) is 0 Å². The van der Waals surface area contributed by atoms with Gasteiger partial charge in [-0.15, -0.1) is 0 Å². The molecule has 0 saturated heterocycles. The van der Waals surface area contributed by atoms with E-state index < -0.39 is 5.97 Å². The van der Waals surface area contributed by atoms with Crippen LogP contribution in [0.15, 0.2) is 48.5 Å². The Bertz CT molecular complexity index is 950. The molecule has 1 amide bonds. The summed E-state index contributed by atoms with van der Waals surface area (Å²) >= 11 is 0. The molecule has 5 heteroatoms. The van der Waals surface area contributed by atoms with Crippen LogP contribution in [0, 0.1) is 23.1 Å². The van der Waals surface area contributed by atoms with E-state index in [0.29, 0.717) is 29.7 Å². The maximum absolute atomic E-state index is 13.6. The smallest absolute Gasteiger partial charge is 0.303 e. The van der Waals surface area contributed by atoms with Crippen LogP contribution < -0.4 is 5.32 Å². The summed E-state index contributed by atoms with van der Waals surface area (Å²) in [5.74, 6) is 4.38. The zero-order chi connectivity index (χ0) is 21.4. The second kappa shape index (κ2) is 10.1. The van der Waals surface area contributed by atoms with Crippen molar-refractivity contribution in [1.29, 1.82) is 0 Å². The fourth-order valence-corrected chi connectivity index (χ4v) is 3.97. The number of hydrogen-bond donors (Lipinski definition) is 2. The fourth-order valence-electron chi connectivity index (χ4n) is 3.97. The van der Waals surface area contributed by atoms with Gasteiger partial charge in [-0.05, 0) is 61.1 Å². The van der Waals surface area contributed by atoms with Crippen molar-refractivity contribution in [2.45, 2.75) is 44.9 Å². The van der Waals surface area contributed by atoms with E-state index in [1.54, 1.807) is 42.5 Å². The molecule has 0 heterocycles. The standard InChI is InChI=1S/C25H26FNO3/c26-22-7-3-2-6-20(22)11-8-19-9-12-21(13-10-19)24(30)27-18-25(17-14-23(28)29)15-4-1-5-16-25/h2-3,6-7,9-10,12-13H,1,4-5,14-18H2,(H,27,30)(H,28,29). The van der Waals surface area contributed by atoms with Crippen molar-refractivity contribution >= 4 is 11.9 Å². The third kappa shape index (κ3) is 5.93. The third-order valence-corrected chi connectivity index (χ3v) is 5.77. The number of nitrogens with one attached hydrogen (secondary N) is 1. The van der Waals surface area contributed by atoms with Crippen LogP contribution in [-0.4, -0.2) is 23.5 Å². The number of rotatable bonds is 6. The van der Waals surface area contributed by atoms with Crippen molar-refractivity contribution in [2.24, 2.45) is 5.41 Å². The van der Waals surface area contributed by atoms with Crippen molar-refractivity contribution in [3.8, 4) is 11.8 Å². The van der Waals surface area contributed by atoms with Crippen molar-refractivity contribution < 1.29 is 19.1 Å². The predicted octanol–water partition coefficient (Wildman–Crippen LogP) is 4.77. The first-order valence-corrected chi connectivity index (χ1v) is 10.3. The van der Waals surface area contributed by atoms with Crippen molar-refractivity contribution in [3.05, 3.63) is 71.0 Å². The van der Waals surface area contributed by atoms with Gasteiger partial charge in [0.05, 0.1) is 5.56 Å². The molecule has 0 aliphatic heterocycles. The minimum Gasteiger partial charge on any atom is -0.481 e. The number of halogens is 1. The van der Waals surface area contributed by atoms with Crippen molar-refractivity contribution in [3.63, 3.8) is 0 Å². The van der Waals surface area contributed by atoms with Gasteiger partial charge in [-0.2, -0.15) is 0 Å². The van der Waals surface area contributed by atoms with E-state index in [4.69, 9.17) is 5.11 Å². The zero-order valence-electron chi connectivity index (χ0n) is 16.9. The van der Waals surface area contributed by atoms with Gasteiger partial charge in [0.25, 0.3) is 5.91 Å². The summed E-state index contributed by atoms with van der Waals surface area (Å²) in [7, 11) is 0. The number of benzene rings is 2. The first kappa shape index (κ1) is 21.6. The topological polar surface area (TPSA) is 66.4 Å². The molecular weight excluding hydrogens is 381 g/mol. The van der Waals surface area contributed by atoms with Crippen LogP contribution in [0.3, 0.4) is 0 Å². The monoisotopic (exact) mass is 407 g/mol. The lowest BCUT2D eigenvalue weighted by atomic mass is 9.71. The van der Waals surface area contributed by atoms with Gasteiger partial charge in [0.15, 0.2) is 0 Å². The van der Waals surface area contributed by atoms with Gasteiger partial charge in [-0.25, -0.2) is 4.39 Å². The van der Waals surface area contributed by atoms with Gasteiger partial charge >= 0.3 is 5.97 Å². The highest BCUT2D eigenvalue weighted by Crippen LogP contribution is 2.39. The van der Waals surface area contributed by atoms with Crippen LogP contribution in [0.1, 0.15) is 66.4 Å². The molecule has 0 spiro atoms. The van der Waals surface area contributed by atoms with Gasteiger partial charge in [-0.3, -0.25) is 9.59 Å². The van der Waals surface area contributed by atoms with Gasteiger partial charge in [-0.1, -0.05) is 43.2 Å². The summed E-state index contributed by atoms with van der Waals surface area (Å²) < 4.78 is 13.6. The number of carbonyl (C=O) groups is 2. The summed E-state index contributed by atoms with van der Waals surface area (Å²) in [5.41, 5.74) is 1.42. The molecule has 3 rings (SSSR count). The van der Waals surface area contributed by atoms with E-state index >= 15 is 0 Å². The van der Waals surface area contributed by atoms with E-state index in [-0.39, 0.29) is 23.6 Å². The SMILES string of the molecule is O=C(O)CCC1(CNC(=O)c2ccc(C#Cc3ccccc3F)cc2)CCCCC1. The van der Waals surface area contributed by atoms with Crippen LogP contribution in [0.5, 0.6) is 0 Å². The summed E-state index contributed by atoms with van der Waals surface area (Å²) in [5, 5.41) is 12.1. The van der Waals surface area contributed by atoms with Crippen molar-refractivity contribution in [1.82, 2.24) is 5.32 Å². The molecule has 1 aliphatic carbocycles. The molecule has 30 heavy (non-hydrogen) atoms. The lowest BCUT2D eigenvalue weighted by Crippen LogP contribution is -2.39. The predicted molar refractivity (Wildman–Crippen MR) is 114 cm³/mol.